The van der Waals surface area contributed by atoms with Crippen LogP contribution in [0.4, 0.5) is 5.69 Å². The van der Waals surface area contributed by atoms with Crippen LogP contribution in [0, 0.1) is 5.92 Å². The van der Waals surface area contributed by atoms with E-state index in [0.29, 0.717) is 26.2 Å². The Balaban J connectivity index is 1.48. The van der Waals surface area contributed by atoms with Crippen LogP contribution in [0.2, 0.25) is 0 Å². The van der Waals surface area contributed by atoms with Gasteiger partial charge in [-0.3, -0.25) is 9.78 Å². The first-order valence-electron chi connectivity index (χ1n) is 9.06. The molecule has 27 heavy (non-hydrogen) atoms. The predicted octanol–water partition coefficient (Wildman–Crippen LogP) is 2.18. The molecule has 1 amide bonds. The Kier molecular flexibility index (Phi) is 3.91. The average Bonchev–Trinajstić information content (AvgIpc) is 3.40. The van der Waals surface area contributed by atoms with Gasteiger partial charge in [-0.05, 0) is 18.2 Å². The number of amides is 1. The Morgan fingerprint density at radius 2 is 2.11 bits per heavy atom. The lowest BCUT2D eigenvalue weighted by Gasteiger charge is -2.24. The van der Waals surface area contributed by atoms with Gasteiger partial charge in [0.25, 0.3) is 0 Å². The van der Waals surface area contributed by atoms with Gasteiger partial charge in [0, 0.05) is 54.7 Å². The van der Waals surface area contributed by atoms with Crippen LogP contribution in [0.15, 0.2) is 36.8 Å². The molecule has 0 spiro atoms. The SMILES string of the molecule is CO[C@H]1COC[C@H]1CN1C(=O)Cc2ncc(-c3cnc4[nH]ccc4c3)cc21. The number of H-pyrrole nitrogens is 1. The van der Waals surface area contributed by atoms with Crippen LogP contribution in [0.1, 0.15) is 5.69 Å². The van der Waals surface area contributed by atoms with Gasteiger partial charge in [0.15, 0.2) is 0 Å². The van der Waals surface area contributed by atoms with Crippen LogP contribution in [-0.4, -0.2) is 53.8 Å². The van der Waals surface area contributed by atoms with Gasteiger partial charge >= 0.3 is 0 Å². The topological polar surface area (TPSA) is 80.3 Å². The summed E-state index contributed by atoms with van der Waals surface area (Å²) in [6, 6.07) is 6.11. The highest BCUT2D eigenvalue weighted by Crippen LogP contribution is 2.33. The minimum atomic E-state index is 0.0261. The molecule has 0 saturated carbocycles. The lowest BCUT2D eigenvalue weighted by atomic mass is 10.0. The van der Waals surface area contributed by atoms with Crippen molar-refractivity contribution in [3.63, 3.8) is 0 Å². The maximum Gasteiger partial charge on any atom is 0.233 e. The van der Waals surface area contributed by atoms with E-state index in [2.05, 4.69) is 21.0 Å². The first-order chi connectivity index (χ1) is 13.2. The Labute approximate surface area is 156 Å². The van der Waals surface area contributed by atoms with Crippen LogP contribution in [-0.2, 0) is 20.7 Å². The Hall–Kier alpha value is -2.77. The van der Waals surface area contributed by atoms with Gasteiger partial charge in [-0.2, -0.15) is 0 Å². The second-order valence-electron chi connectivity index (χ2n) is 7.08. The Bertz CT molecular complexity index is 1020. The average molecular weight is 364 g/mol. The van der Waals surface area contributed by atoms with Gasteiger partial charge in [-0.15, -0.1) is 0 Å². The van der Waals surface area contributed by atoms with Gasteiger partial charge in [0.2, 0.25) is 5.91 Å². The van der Waals surface area contributed by atoms with Gasteiger partial charge in [-0.1, -0.05) is 0 Å². The number of rotatable bonds is 4. The molecule has 1 N–H and O–H groups in total. The molecule has 7 heteroatoms. The van der Waals surface area contributed by atoms with Crippen molar-refractivity contribution in [1.82, 2.24) is 15.0 Å². The first-order valence-corrected chi connectivity index (χ1v) is 9.06. The molecule has 3 aromatic rings. The summed E-state index contributed by atoms with van der Waals surface area (Å²) < 4.78 is 11.0. The van der Waals surface area contributed by atoms with Crippen molar-refractivity contribution in [2.24, 2.45) is 5.92 Å². The summed E-state index contributed by atoms with van der Waals surface area (Å²) in [6.45, 7) is 1.78. The molecule has 5 heterocycles. The third-order valence-electron chi connectivity index (χ3n) is 5.45. The number of hydrogen-bond acceptors (Lipinski definition) is 5. The molecule has 2 aliphatic rings. The molecule has 138 valence electrons. The fraction of sp³-hybridized carbons (Fsp3) is 0.350. The van der Waals surface area contributed by atoms with E-state index in [1.807, 2.05) is 35.6 Å². The lowest BCUT2D eigenvalue weighted by molar-refractivity contribution is -0.117. The highest BCUT2D eigenvalue weighted by Gasteiger charge is 2.35. The molecular formula is C20H20N4O3. The third-order valence-corrected chi connectivity index (χ3v) is 5.45. The van der Waals surface area contributed by atoms with Gasteiger partial charge < -0.3 is 19.4 Å². The molecule has 1 saturated heterocycles. The molecule has 3 aromatic heterocycles. The number of anilines is 1. The summed E-state index contributed by atoms with van der Waals surface area (Å²) in [4.78, 5) is 26.5. The molecule has 0 aliphatic carbocycles. The van der Waals surface area contributed by atoms with Crippen molar-refractivity contribution < 1.29 is 14.3 Å². The lowest BCUT2D eigenvalue weighted by Crippen LogP contribution is -2.37. The summed E-state index contributed by atoms with van der Waals surface area (Å²) >= 11 is 0. The summed E-state index contributed by atoms with van der Waals surface area (Å²) in [5.41, 5.74) is 4.50. The molecule has 1 fully saturated rings. The van der Waals surface area contributed by atoms with Crippen LogP contribution in [0.5, 0.6) is 0 Å². The van der Waals surface area contributed by atoms with Gasteiger partial charge in [0.1, 0.15) is 5.65 Å². The molecule has 0 aromatic carbocycles. The summed E-state index contributed by atoms with van der Waals surface area (Å²) in [5.74, 6) is 0.252. The van der Waals surface area contributed by atoms with E-state index >= 15 is 0 Å². The molecule has 2 aliphatic heterocycles. The van der Waals surface area contributed by atoms with Crippen LogP contribution in [0.25, 0.3) is 22.2 Å². The van der Waals surface area contributed by atoms with E-state index in [-0.39, 0.29) is 17.9 Å². The molecule has 5 rings (SSSR count). The molecular weight excluding hydrogens is 344 g/mol. The van der Waals surface area contributed by atoms with E-state index < -0.39 is 0 Å². The quantitative estimate of drug-likeness (QED) is 0.767. The number of carbonyl (C=O) groups is 1. The number of nitrogens with zero attached hydrogens (tertiary/aromatic N) is 3. The van der Waals surface area contributed by atoms with Crippen molar-refractivity contribution in [3.05, 3.63) is 42.5 Å². The number of hydrogen-bond donors (Lipinski definition) is 1. The van der Waals surface area contributed by atoms with Crippen LogP contribution in [0.3, 0.4) is 0 Å². The summed E-state index contributed by atoms with van der Waals surface area (Å²) in [5, 5.41) is 1.05. The second-order valence-corrected chi connectivity index (χ2v) is 7.08. The minimum Gasteiger partial charge on any atom is -0.379 e. The molecule has 0 bridgehead atoms. The zero-order valence-electron chi connectivity index (χ0n) is 15.0. The molecule has 7 nitrogen and oxygen atoms in total. The summed E-state index contributed by atoms with van der Waals surface area (Å²) in [6.07, 6.45) is 5.89. The van der Waals surface area contributed by atoms with Gasteiger partial charge in [0.05, 0.1) is 37.1 Å². The van der Waals surface area contributed by atoms with E-state index in [0.717, 1.165) is 33.5 Å². The highest BCUT2D eigenvalue weighted by molar-refractivity contribution is 6.01. The van der Waals surface area contributed by atoms with E-state index in [9.17, 15) is 4.79 Å². The number of fused-ring (bicyclic) bond motifs is 2. The smallest absolute Gasteiger partial charge is 0.233 e. The van der Waals surface area contributed by atoms with Crippen molar-refractivity contribution in [3.8, 4) is 11.1 Å². The molecule has 0 radical (unpaired) electrons. The van der Waals surface area contributed by atoms with Crippen molar-refractivity contribution in [1.29, 1.82) is 0 Å². The van der Waals surface area contributed by atoms with Crippen molar-refractivity contribution in [2.75, 3.05) is 31.8 Å². The number of methoxy groups -OCH3 is 1. The van der Waals surface area contributed by atoms with E-state index in [1.54, 1.807) is 7.11 Å². The zero-order valence-corrected chi connectivity index (χ0v) is 15.0. The number of ether oxygens (including phenoxy) is 2. The van der Waals surface area contributed by atoms with Crippen LogP contribution < -0.4 is 4.90 Å². The van der Waals surface area contributed by atoms with Gasteiger partial charge in [-0.25, -0.2) is 4.98 Å². The predicted molar refractivity (Wildman–Crippen MR) is 100 cm³/mol. The van der Waals surface area contributed by atoms with E-state index in [1.165, 1.54) is 0 Å². The number of aromatic nitrogens is 3. The van der Waals surface area contributed by atoms with Crippen molar-refractivity contribution in [2.45, 2.75) is 12.5 Å². The maximum atomic E-state index is 12.6. The zero-order chi connectivity index (χ0) is 18.4. The minimum absolute atomic E-state index is 0.0261. The highest BCUT2D eigenvalue weighted by atomic mass is 16.5. The summed E-state index contributed by atoms with van der Waals surface area (Å²) in [7, 11) is 1.69. The van der Waals surface area contributed by atoms with Crippen molar-refractivity contribution >= 4 is 22.6 Å². The van der Waals surface area contributed by atoms with E-state index in [4.69, 9.17) is 9.47 Å². The molecule has 0 unspecified atom stereocenters. The fourth-order valence-corrected chi connectivity index (χ4v) is 3.92. The Morgan fingerprint density at radius 3 is 3.00 bits per heavy atom. The third kappa shape index (κ3) is 2.79. The maximum absolute atomic E-state index is 12.6. The fourth-order valence-electron chi connectivity index (χ4n) is 3.92. The number of aromatic amines is 1. The first kappa shape index (κ1) is 16.4. The normalized spacial score (nSPS) is 22.0. The number of nitrogens with one attached hydrogen (secondary N) is 1. The second kappa shape index (κ2) is 6.44. The van der Waals surface area contributed by atoms with Crippen LogP contribution >= 0.6 is 0 Å². The Morgan fingerprint density at radius 1 is 1.26 bits per heavy atom. The number of pyridine rings is 2. The molecule has 2 atom stereocenters. The number of carbonyl (C=O) groups excluding carboxylic acids is 1. The largest absolute Gasteiger partial charge is 0.379 e. The standard InChI is InChI=1S/C20H20N4O3/c1-26-18-11-27-10-15(18)9-24-17-5-14(7-22-16(17)6-19(24)25)13-4-12-2-3-21-20(12)23-8-13/h2-5,7-8,15,18H,6,9-11H2,1H3,(H,21,23)/t15-,18+/m1/s1. The monoisotopic (exact) mass is 364 g/mol.